The number of aromatic nitrogens is 2. The lowest BCUT2D eigenvalue weighted by atomic mass is 9.97. The first-order chi connectivity index (χ1) is 14.7. The van der Waals surface area contributed by atoms with E-state index in [4.69, 9.17) is 14.2 Å². The second kappa shape index (κ2) is 9.52. The lowest BCUT2D eigenvalue weighted by Gasteiger charge is -2.39. The minimum absolute atomic E-state index is 0.0386. The Morgan fingerprint density at radius 2 is 1.90 bits per heavy atom. The van der Waals surface area contributed by atoms with Crippen LogP contribution in [-0.4, -0.2) is 62.9 Å². The SMILES string of the molecule is CCC1O[C@@H](Oc2nn(C(C)C)c(C)c2Cc2ccc(OC)c(F)c2)[C@H](O)[C@@H](O)[C@@H]1O. The third kappa shape index (κ3) is 4.69. The molecule has 172 valence electrons. The molecule has 0 bridgehead atoms. The Balaban J connectivity index is 1.93. The van der Waals surface area contributed by atoms with E-state index in [-0.39, 0.29) is 17.7 Å². The van der Waals surface area contributed by atoms with Gasteiger partial charge in [-0.05, 0) is 44.9 Å². The maximum absolute atomic E-state index is 14.2. The molecular weight excluding hydrogens is 407 g/mol. The van der Waals surface area contributed by atoms with E-state index in [2.05, 4.69) is 5.10 Å². The fraction of sp³-hybridized carbons (Fsp3) is 0.591. The number of nitrogens with zero attached hydrogens (tertiary/aromatic N) is 2. The van der Waals surface area contributed by atoms with E-state index in [1.54, 1.807) is 23.7 Å². The highest BCUT2D eigenvalue weighted by Gasteiger charge is 2.44. The molecule has 0 spiro atoms. The lowest BCUT2D eigenvalue weighted by molar-refractivity contribution is -0.273. The van der Waals surface area contributed by atoms with Crippen LogP contribution < -0.4 is 9.47 Å². The van der Waals surface area contributed by atoms with Crippen molar-refractivity contribution in [1.29, 1.82) is 0 Å². The smallest absolute Gasteiger partial charge is 0.239 e. The Labute approximate surface area is 181 Å². The van der Waals surface area contributed by atoms with Crippen LogP contribution in [0.25, 0.3) is 0 Å². The minimum atomic E-state index is -1.45. The molecule has 5 atom stereocenters. The van der Waals surface area contributed by atoms with Gasteiger partial charge >= 0.3 is 0 Å². The van der Waals surface area contributed by atoms with Crippen LogP contribution in [0.15, 0.2) is 18.2 Å². The quantitative estimate of drug-likeness (QED) is 0.608. The fourth-order valence-electron chi connectivity index (χ4n) is 3.81. The molecule has 3 rings (SSSR count). The molecule has 2 aromatic rings. The molecule has 1 unspecified atom stereocenters. The Morgan fingerprint density at radius 3 is 2.48 bits per heavy atom. The third-order valence-corrected chi connectivity index (χ3v) is 5.62. The number of ether oxygens (including phenoxy) is 3. The number of hydrogen-bond donors (Lipinski definition) is 3. The van der Waals surface area contributed by atoms with Crippen molar-refractivity contribution in [3.8, 4) is 11.6 Å². The van der Waals surface area contributed by atoms with Crippen LogP contribution in [0, 0.1) is 12.7 Å². The maximum atomic E-state index is 14.2. The topological polar surface area (TPSA) is 106 Å². The van der Waals surface area contributed by atoms with Crippen molar-refractivity contribution >= 4 is 0 Å². The Bertz CT molecular complexity index is 900. The van der Waals surface area contributed by atoms with E-state index >= 15 is 0 Å². The summed E-state index contributed by atoms with van der Waals surface area (Å²) in [7, 11) is 1.41. The van der Waals surface area contributed by atoms with E-state index < -0.39 is 36.5 Å². The highest BCUT2D eigenvalue weighted by molar-refractivity contribution is 5.39. The zero-order valence-corrected chi connectivity index (χ0v) is 18.4. The van der Waals surface area contributed by atoms with Crippen LogP contribution in [0.5, 0.6) is 11.6 Å². The van der Waals surface area contributed by atoms with Crippen LogP contribution >= 0.6 is 0 Å². The van der Waals surface area contributed by atoms with Gasteiger partial charge in [0.15, 0.2) is 11.6 Å². The van der Waals surface area contributed by atoms with Crippen LogP contribution in [0.2, 0.25) is 0 Å². The van der Waals surface area contributed by atoms with E-state index in [0.717, 1.165) is 5.69 Å². The van der Waals surface area contributed by atoms with Crippen LogP contribution in [0.3, 0.4) is 0 Å². The van der Waals surface area contributed by atoms with Crippen molar-refractivity contribution in [3.63, 3.8) is 0 Å². The van der Waals surface area contributed by atoms with Gasteiger partial charge in [-0.15, -0.1) is 5.10 Å². The molecule has 1 aromatic carbocycles. The van der Waals surface area contributed by atoms with Crippen LogP contribution in [-0.2, 0) is 11.2 Å². The molecule has 0 saturated carbocycles. The molecule has 8 nitrogen and oxygen atoms in total. The van der Waals surface area contributed by atoms with Crippen molar-refractivity contribution < 1.29 is 33.9 Å². The van der Waals surface area contributed by atoms with E-state index in [9.17, 15) is 19.7 Å². The second-order valence-electron chi connectivity index (χ2n) is 8.09. The molecule has 1 aliphatic heterocycles. The molecule has 1 fully saturated rings. The van der Waals surface area contributed by atoms with Crippen molar-refractivity contribution in [2.45, 2.75) is 77.3 Å². The average molecular weight is 438 g/mol. The summed E-state index contributed by atoms with van der Waals surface area (Å²) in [6, 6.07) is 4.76. The second-order valence-corrected chi connectivity index (χ2v) is 8.09. The van der Waals surface area contributed by atoms with Gasteiger partial charge < -0.3 is 29.5 Å². The summed E-state index contributed by atoms with van der Waals surface area (Å²) in [5.74, 6) is -0.0815. The number of methoxy groups -OCH3 is 1. The fourth-order valence-corrected chi connectivity index (χ4v) is 3.81. The number of aliphatic hydroxyl groups is 3. The summed E-state index contributed by atoms with van der Waals surface area (Å²) < 4.78 is 32.6. The van der Waals surface area contributed by atoms with Gasteiger partial charge in [-0.25, -0.2) is 4.39 Å². The average Bonchev–Trinajstić information content (AvgIpc) is 3.04. The molecule has 3 N–H and O–H groups in total. The minimum Gasteiger partial charge on any atom is -0.494 e. The predicted octanol–water partition coefficient (Wildman–Crippen LogP) is 2.11. The Hall–Kier alpha value is -2.20. The van der Waals surface area contributed by atoms with E-state index in [0.29, 0.717) is 24.0 Å². The number of benzene rings is 1. The summed E-state index contributed by atoms with van der Waals surface area (Å²) in [4.78, 5) is 0. The van der Waals surface area contributed by atoms with Gasteiger partial charge in [-0.3, -0.25) is 4.68 Å². The zero-order chi connectivity index (χ0) is 22.9. The molecule has 1 aliphatic rings. The van der Waals surface area contributed by atoms with Crippen molar-refractivity contribution in [2.75, 3.05) is 7.11 Å². The normalized spacial score (nSPS) is 26.3. The molecule has 1 aromatic heterocycles. The molecular formula is C22H31FN2O6. The van der Waals surface area contributed by atoms with Crippen LogP contribution in [0.1, 0.15) is 50.1 Å². The van der Waals surface area contributed by atoms with Crippen LogP contribution in [0.4, 0.5) is 4.39 Å². The van der Waals surface area contributed by atoms with Gasteiger partial charge in [0.2, 0.25) is 12.2 Å². The summed E-state index contributed by atoms with van der Waals surface area (Å²) in [5, 5.41) is 35.2. The first-order valence-corrected chi connectivity index (χ1v) is 10.4. The summed E-state index contributed by atoms with van der Waals surface area (Å²) in [6.07, 6.45) is -5.19. The highest BCUT2D eigenvalue weighted by Crippen LogP contribution is 2.31. The Kier molecular flexibility index (Phi) is 7.20. The van der Waals surface area contributed by atoms with Crippen molar-refractivity contribution in [2.24, 2.45) is 0 Å². The summed E-state index contributed by atoms with van der Waals surface area (Å²) in [6.45, 7) is 7.64. The number of halogens is 1. The monoisotopic (exact) mass is 438 g/mol. The first kappa shape index (κ1) is 23.5. The predicted molar refractivity (Wildman–Crippen MR) is 111 cm³/mol. The number of aliphatic hydroxyl groups excluding tert-OH is 3. The molecule has 9 heteroatoms. The van der Waals surface area contributed by atoms with Gasteiger partial charge in [0.25, 0.3) is 0 Å². The molecule has 2 heterocycles. The van der Waals surface area contributed by atoms with Crippen molar-refractivity contribution in [1.82, 2.24) is 9.78 Å². The number of rotatable bonds is 7. The third-order valence-electron chi connectivity index (χ3n) is 5.62. The Morgan fingerprint density at radius 1 is 1.19 bits per heavy atom. The molecule has 0 aliphatic carbocycles. The molecule has 31 heavy (non-hydrogen) atoms. The first-order valence-electron chi connectivity index (χ1n) is 10.4. The summed E-state index contributed by atoms with van der Waals surface area (Å²) >= 11 is 0. The molecule has 0 radical (unpaired) electrons. The number of hydrogen-bond acceptors (Lipinski definition) is 7. The highest BCUT2D eigenvalue weighted by atomic mass is 19.1. The van der Waals surface area contributed by atoms with Gasteiger partial charge in [-0.2, -0.15) is 0 Å². The lowest BCUT2D eigenvalue weighted by Crippen LogP contribution is -2.59. The molecule has 0 amide bonds. The zero-order valence-electron chi connectivity index (χ0n) is 18.4. The largest absolute Gasteiger partial charge is 0.494 e. The van der Waals surface area contributed by atoms with Gasteiger partial charge in [-0.1, -0.05) is 13.0 Å². The van der Waals surface area contributed by atoms with Gasteiger partial charge in [0, 0.05) is 23.7 Å². The summed E-state index contributed by atoms with van der Waals surface area (Å²) in [5.41, 5.74) is 2.24. The van der Waals surface area contributed by atoms with Gasteiger partial charge in [0.1, 0.15) is 18.3 Å². The van der Waals surface area contributed by atoms with E-state index in [1.807, 2.05) is 20.8 Å². The van der Waals surface area contributed by atoms with Crippen molar-refractivity contribution in [3.05, 3.63) is 40.8 Å². The molecule has 1 saturated heterocycles. The van der Waals surface area contributed by atoms with E-state index in [1.165, 1.54) is 13.2 Å². The van der Waals surface area contributed by atoms with Gasteiger partial charge in [0.05, 0.1) is 13.2 Å². The standard InChI is InChI=1S/C22H31FN2O6/c1-6-16-18(26)19(27)20(28)22(30-16)31-21-14(12(4)25(24-21)11(2)3)9-13-7-8-17(29-5)15(23)10-13/h7-8,10-11,16,18-20,22,26-28H,6,9H2,1-5H3/t16?,18-,19+,20-,22+/m1/s1. The maximum Gasteiger partial charge on any atom is 0.239 e.